The second-order valence-corrected chi connectivity index (χ2v) is 5.49. The van der Waals surface area contributed by atoms with Crippen molar-refractivity contribution in [3.05, 3.63) is 21.3 Å². The topological polar surface area (TPSA) is 20.2 Å². The van der Waals surface area contributed by atoms with Crippen LogP contribution in [0.25, 0.3) is 0 Å². The number of rotatable bonds is 4. The predicted molar refractivity (Wildman–Crippen MR) is 58.5 cm³/mol. The third-order valence-corrected chi connectivity index (χ3v) is 3.06. The van der Waals surface area contributed by atoms with Gasteiger partial charge in [0.2, 0.25) is 0 Å². The summed E-state index contributed by atoms with van der Waals surface area (Å²) in [5.74, 6) is 0.547. The van der Waals surface area contributed by atoms with Crippen LogP contribution >= 0.6 is 22.9 Å². The first-order valence-corrected chi connectivity index (χ1v) is 5.69. The van der Waals surface area contributed by atoms with Crippen molar-refractivity contribution in [2.75, 3.05) is 0 Å². The number of hydrogen-bond acceptors (Lipinski definition) is 2. The van der Waals surface area contributed by atoms with Crippen molar-refractivity contribution in [3.8, 4) is 0 Å². The Labute approximate surface area is 88.4 Å². The summed E-state index contributed by atoms with van der Waals surface area (Å²) in [5.41, 5.74) is 0. The molecule has 3 heteroatoms. The molecule has 0 fully saturated rings. The van der Waals surface area contributed by atoms with Gasteiger partial charge in [-0.25, -0.2) is 0 Å². The van der Waals surface area contributed by atoms with Crippen molar-refractivity contribution in [1.29, 1.82) is 0 Å². The Morgan fingerprint density at radius 3 is 2.62 bits per heavy atom. The third-order valence-electron chi connectivity index (χ3n) is 1.81. The van der Waals surface area contributed by atoms with E-state index in [1.54, 1.807) is 11.3 Å². The molecule has 1 aromatic heterocycles. The van der Waals surface area contributed by atoms with E-state index in [4.69, 9.17) is 11.6 Å². The Balaban J connectivity index is 2.40. The molecule has 1 unspecified atom stereocenters. The van der Waals surface area contributed by atoms with E-state index in [9.17, 15) is 5.11 Å². The van der Waals surface area contributed by atoms with Gasteiger partial charge in [-0.15, -0.1) is 11.3 Å². The normalized spacial score (nSPS) is 13.6. The quantitative estimate of drug-likeness (QED) is 0.822. The van der Waals surface area contributed by atoms with Gasteiger partial charge in [0.1, 0.15) is 0 Å². The molecule has 1 heterocycles. The maximum atomic E-state index is 9.65. The van der Waals surface area contributed by atoms with Gasteiger partial charge in [0, 0.05) is 11.3 Å². The molecule has 13 heavy (non-hydrogen) atoms. The SMILES string of the molecule is CC(C)CC(O)Cc1ccc(Cl)s1. The molecule has 0 aromatic carbocycles. The van der Waals surface area contributed by atoms with Crippen molar-refractivity contribution < 1.29 is 5.11 Å². The molecule has 0 aliphatic heterocycles. The molecule has 1 N–H and O–H groups in total. The second-order valence-electron chi connectivity index (χ2n) is 3.69. The number of aliphatic hydroxyl groups is 1. The molecule has 0 amide bonds. The van der Waals surface area contributed by atoms with Gasteiger partial charge in [0.05, 0.1) is 10.4 Å². The van der Waals surface area contributed by atoms with Gasteiger partial charge in [-0.1, -0.05) is 25.4 Å². The van der Waals surface area contributed by atoms with Crippen LogP contribution in [0.1, 0.15) is 25.1 Å². The van der Waals surface area contributed by atoms with E-state index in [0.717, 1.165) is 22.1 Å². The van der Waals surface area contributed by atoms with Crippen LogP contribution < -0.4 is 0 Å². The summed E-state index contributed by atoms with van der Waals surface area (Å²) < 4.78 is 0.798. The van der Waals surface area contributed by atoms with Gasteiger partial charge in [-0.05, 0) is 24.5 Å². The van der Waals surface area contributed by atoms with E-state index in [1.807, 2.05) is 12.1 Å². The monoisotopic (exact) mass is 218 g/mol. The zero-order valence-corrected chi connectivity index (χ0v) is 9.53. The molecular formula is C10H15ClOS. The Hall–Kier alpha value is -0.0500. The van der Waals surface area contributed by atoms with Crippen molar-refractivity contribution in [2.45, 2.75) is 32.8 Å². The minimum absolute atomic E-state index is 0.227. The highest BCUT2D eigenvalue weighted by molar-refractivity contribution is 7.16. The molecule has 1 atom stereocenters. The average molecular weight is 219 g/mol. The molecule has 0 radical (unpaired) electrons. The lowest BCUT2D eigenvalue weighted by Crippen LogP contribution is -2.12. The molecule has 0 spiro atoms. The summed E-state index contributed by atoms with van der Waals surface area (Å²) in [6, 6.07) is 3.86. The van der Waals surface area contributed by atoms with Crippen molar-refractivity contribution >= 4 is 22.9 Å². The molecule has 0 bridgehead atoms. The molecule has 74 valence electrons. The minimum Gasteiger partial charge on any atom is -0.393 e. The summed E-state index contributed by atoms with van der Waals surface area (Å²) in [6.45, 7) is 4.23. The van der Waals surface area contributed by atoms with E-state index in [-0.39, 0.29) is 6.10 Å². The van der Waals surface area contributed by atoms with Gasteiger partial charge in [0.15, 0.2) is 0 Å². The van der Waals surface area contributed by atoms with Crippen LogP contribution in [-0.2, 0) is 6.42 Å². The summed E-state index contributed by atoms with van der Waals surface area (Å²) in [4.78, 5) is 1.16. The summed E-state index contributed by atoms with van der Waals surface area (Å²) in [7, 11) is 0. The van der Waals surface area contributed by atoms with Crippen LogP contribution in [0, 0.1) is 5.92 Å². The Bertz CT molecular complexity index is 257. The Morgan fingerprint density at radius 2 is 2.15 bits per heavy atom. The molecule has 0 aliphatic carbocycles. The van der Waals surface area contributed by atoms with Crippen LogP contribution in [0.15, 0.2) is 12.1 Å². The number of hydrogen-bond donors (Lipinski definition) is 1. The fraction of sp³-hybridized carbons (Fsp3) is 0.600. The average Bonchev–Trinajstić information content (AvgIpc) is 2.33. The van der Waals surface area contributed by atoms with E-state index in [0.29, 0.717) is 5.92 Å². The van der Waals surface area contributed by atoms with Crippen molar-refractivity contribution in [1.82, 2.24) is 0 Å². The van der Waals surface area contributed by atoms with Gasteiger partial charge in [0.25, 0.3) is 0 Å². The highest BCUT2D eigenvalue weighted by atomic mass is 35.5. The van der Waals surface area contributed by atoms with Gasteiger partial charge >= 0.3 is 0 Å². The van der Waals surface area contributed by atoms with Gasteiger partial charge in [-0.2, -0.15) is 0 Å². The van der Waals surface area contributed by atoms with Crippen LogP contribution in [-0.4, -0.2) is 11.2 Å². The molecular weight excluding hydrogens is 204 g/mol. The van der Waals surface area contributed by atoms with Gasteiger partial charge < -0.3 is 5.11 Å². The molecule has 0 aliphatic rings. The first-order chi connectivity index (χ1) is 6.08. The lowest BCUT2D eigenvalue weighted by molar-refractivity contribution is 0.150. The summed E-state index contributed by atoms with van der Waals surface area (Å²) in [5, 5.41) is 9.65. The lowest BCUT2D eigenvalue weighted by Gasteiger charge is -2.11. The number of thiophene rings is 1. The Kier molecular flexibility index (Phi) is 4.23. The highest BCUT2D eigenvalue weighted by Gasteiger charge is 2.09. The third kappa shape index (κ3) is 4.12. The highest BCUT2D eigenvalue weighted by Crippen LogP contribution is 2.23. The van der Waals surface area contributed by atoms with Crippen LogP contribution in [0.4, 0.5) is 0 Å². The summed E-state index contributed by atoms with van der Waals surface area (Å²) in [6.07, 6.45) is 1.36. The standard InChI is InChI=1S/C10H15ClOS/c1-7(2)5-8(12)6-9-3-4-10(11)13-9/h3-4,7-8,12H,5-6H2,1-2H3. The van der Waals surface area contributed by atoms with E-state index in [2.05, 4.69) is 13.8 Å². The van der Waals surface area contributed by atoms with Gasteiger partial charge in [-0.3, -0.25) is 0 Å². The van der Waals surface area contributed by atoms with E-state index >= 15 is 0 Å². The zero-order chi connectivity index (χ0) is 9.84. The van der Waals surface area contributed by atoms with Crippen LogP contribution in [0.5, 0.6) is 0 Å². The first-order valence-electron chi connectivity index (χ1n) is 4.50. The van der Waals surface area contributed by atoms with Crippen molar-refractivity contribution in [2.24, 2.45) is 5.92 Å². The molecule has 0 saturated carbocycles. The number of halogens is 1. The predicted octanol–water partition coefficient (Wildman–Crippen LogP) is 3.35. The molecule has 1 rings (SSSR count). The van der Waals surface area contributed by atoms with E-state index in [1.165, 1.54) is 0 Å². The molecule has 0 saturated heterocycles. The van der Waals surface area contributed by atoms with Crippen molar-refractivity contribution in [3.63, 3.8) is 0 Å². The fourth-order valence-electron chi connectivity index (χ4n) is 1.32. The van der Waals surface area contributed by atoms with Crippen LogP contribution in [0.3, 0.4) is 0 Å². The maximum absolute atomic E-state index is 9.65. The molecule has 1 nitrogen and oxygen atoms in total. The zero-order valence-electron chi connectivity index (χ0n) is 7.96. The van der Waals surface area contributed by atoms with Crippen LogP contribution in [0.2, 0.25) is 4.34 Å². The van der Waals surface area contributed by atoms with E-state index < -0.39 is 0 Å². The summed E-state index contributed by atoms with van der Waals surface area (Å²) >= 11 is 7.34. The fourth-order valence-corrected chi connectivity index (χ4v) is 2.48. The lowest BCUT2D eigenvalue weighted by atomic mass is 10.0. The Morgan fingerprint density at radius 1 is 1.46 bits per heavy atom. The largest absolute Gasteiger partial charge is 0.393 e. The smallest absolute Gasteiger partial charge is 0.0931 e. The first kappa shape index (κ1) is 11.0. The maximum Gasteiger partial charge on any atom is 0.0931 e. The molecule has 1 aromatic rings. The second kappa shape index (κ2) is 4.99. The minimum atomic E-state index is -0.227. The number of aliphatic hydroxyl groups excluding tert-OH is 1.